The minimum absolute atomic E-state index is 0.260. The Hall–Kier alpha value is -0.650. The van der Waals surface area contributed by atoms with Gasteiger partial charge < -0.3 is 19.9 Å². The summed E-state index contributed by atoms with van der Waals surface area (Å²) in [7, 11) is 0. The maximum absolute atomic E-state index is 11.9. The third kappa shape index (κ3) is 5.47. The Labute approximate surface area is 116 Å². The molecule has 0 atom stereocenters. The zero-order valence-electron chi connectivity index (χ0n) is 11.9. The van der Waals surface area contributed by atoms with Crippen LogP contribution in [0.25, 0.3) is 0 Å². The number of hydrogen-bond donors (Lipinski definition) is 1. The lowest BCUT2D eigenvalue weighted by atomic mass is 10.3. The van der Waals surface area contributed by atoms with Gasteiger partial charge in [0.15, 0.2) is 0 Å². The molecule has 2 fully saturated rings. The standard InChI is InChI=1S/C14H27N3O2/c18-14(17-10-12-19-13-11-17)4-6-15-5-3-9-16-7-1-2-8-16/h15H,1-13H2. The summed E-state index contributed by atoms with van der Waals surface area (Å²) < 4.78 is 5.24. The van der Waals surface area contributed by atoms with Gasteiger partial charge in [-0.25, -0.2) is 0 Å². The van der Waals surface area contributed by atoms with Crippen LogP contribution >= 0.6 is 0 Å². The first-order chi connectivity index (χ1) is 9.36. The van der Waals surface area contributed by atoms with E-state index in [1.54, 1.807) is 0 Å². The molecule has 0 saturated carbocycles. The summed E-state index contributed by atoms with van der Waals surface area (Å²) in [6.07, 6.45) is 4.53. The van der Waals surface area contributed by atoms with Gasteiger partial charge >= 0.3 is 0 Å². The lowest BCUT2D eigenvalue weighted by Gasteiger charge is -2.26. The van der Waals surface area contributed by atoms with E-state index in [9.17, 15) is 4.79 Å². The number of carbonyl (C=O) groups is 1. The number of amides is 1. The molecule has 2 aliphatic rings. The fourth-order valence-corrected chi connectivity index (χ4v) is 2.73. The number of carbonyl (C=O) groups excluding carboxylic acids is 1. The van der Waals surface area contributed by atoms with E-state index in [0.29, 0.717) is 19.6 Å². The summed E-state index contributed by atoms with van der Waals surface area (Å²) in [5.41, 5.74) is 0. The Balaban J connectivity index is 1.43. The van der Waals surface area contributed by atoms with Crippen LogP contribution in [0.4, 0.5) is 0 Å². The van der Waals surface area contributed by atoms with E-state index in [-0.39, 0.29) is 5.91 Å². The van der Waals surface area contributed by atoms with Crippen LogP contribution in [0.1, 0.15) is 25.7 Å². The minimum atomic E-state index is 0.260. The molecule has 0 aromatic heterocycles. The number of nitrogens with zero attached hydrogens (tertiary/aromatic N) is 2. The first-order valence-electron chi connectivity index (χ1n) is 7.65. The van der Waals surface area contributed by atoms with Gasteiger partial charge in [-0.15, -0.1) is 0 Å². The topological polar surface area (TPSA) is 44.8 Å². The molecule has 0 radical (unpaired) electrons. The van der Waals surface area contributed by atoms with Crippen molar-refractivity contribution in [2.24, 2.45) is 0 Å². The highest BCUT2D eigenvalue weighted by Gasteiger charge is 2.15. The fraction of sp³-hybridized carbons (Fsp3) is 0.929. The van der Waals surface area contributed by atoms with Gasteiger partial charge in [-0.1, -0.05) is 0 Å². The van der Waals surface area contributed by atoms with Crippen LogP contribution in [0, 0.1) is 0 Å². The number of rotatable bonds is 7. The van der Waals surface area contributed by atoms with E-state index in [4.69, 9.17) is 4.74 Å². The molecule has 0 bridgehead atoms. The maximum Gasteiger partial charge on any atom is 0.224 e. The second-order valence-corrected chi connectivity index (χ2v) is 5.40. The predicted octanol–water partition coefficient (Wildman–Crippen LogP) is 0.311. The summed E-state index contributed by atoms with van der Waals surface area (Å²) in [5, 5.41) is 3.37. The van der Waals surface area contributed by atoms with Crippen molar-refractivity contribution in [3.8, 4) is 0 Å². The van der Waals surface area contributed by atoms with Crippen LogP contribution < -0.4 is 5.32 Å². The molecule has 0 unspecified atom stereocenters. The quantitative estimate of drug-likeness (QED) is 0.676. The summed E-state index contributed by atoms with van der Waals surface area (Å²) in [6, 6.07) is 0. The predicted molar refractivity (Wildman–Crippen MR) is 75.2 cm³/mol. The molecule has 0 spiro atoms. The lowest BCUT2D eigenvalue weighted by molar-refractivity contribution is -0.135. The van der Waals surface area contributed by atoms with Crippen LogP contribution in [0.2, 0.25) is 0 Å². The molecule has 0 aliphatic carbocycles. The van der Waals surface area contributed by atoms with Gasteiger partial charge in [0.2, 0.25) is 5.91 Å². The molecule has 0 aromatic rings. The molecule has 1 amide bonds. The number of likely N-dealkylation sites (tertiary alicyclic amines) is 1. The van der Waals surface area contributed by atoms with Gasteiger partial charge in [0.05, 0.1) is 13.2 Å². The Bertz CT molecular complexity index is 261. The highest BCUT2D eigenvalue weighted by Crippen LogP contribution is 2.06. The highest BCUT2D eigenvalue weighted by atomic mass is 16.5. The maximum atomic E-state index is 11.9. The number of morpholine rings is 1. The van der Waals surface area contributed by atoms with E-state index < -0.39 is 0 Å². The minimum Gasteiger partial charge on any atom is -0.378 e. The fourth-order valence-electron chi connectivity index (χ4n) is 2.73. The van der Waals surface area contributed by atoms with Crippen molar-refractivity contribution in [3.05, 3.63) is 0 Å². The monoisotopic (exact) mass is 269 g/mol. The van der Waals surface area contributed by atoms with Crippen LogP contribution in [-0.2, 0) is 9.53 Å². The molecule has 5 heteroatoms. The molecule has 110 valence electrons. The second kappa shape index (κ2) is 8.51. The Morgan fingerprint density at radius 2 is 1.79 bits per heavy atom. The van der Waals surface area contributed by atoms with E-state index in [1.807, 2.05) is 4.90 Å². The molecular weight excluding hydrogens is 242 g/mol. The van der Waals surface area contributed by atoms with Gasteiger partial charge in [-0.05, 0) is 45.4 Å². The molecule has 1 N–H and O–H groups in total. The third-order valence-electron chi connectivity index (χ3n) is 3.91. The largest absolute Gasteiger partial charge is 0.378 e. The normalized spacial score (nSPS) is 20.9. The zero-order chi connectivity index (χ0) is 13.3. The van der Waals surface area contributed by atoms with Gasteiger partial charge in [-0.2, -0.15) is 0 Å². The molecule has 5 nitrogen and oxygen atoms in total. The number of ether oxygens (including phenoxy) is 1. The van der Waals surface area contributed by atoms with Gasteiger partial charge in [0.1, 0.15) is 0 Å². The van der Waals surface area contributed by atoms with Crippen molar-refractivity contribution in [2.45, 2.75) is 25.7 Å². The summed E-state index contributed by atoms with van der Waals surface area (Å²) in [4.78, 5) is 16.3. The summed E-state index contributed by atoms with van der Waals surface area (Å²) in [5.74, 6) is 0.260. The van der Waals surface area contributed by atoms with Crippen molar-refractivity contribution < 1.29 is 9.53 Å². The van der Waals surface area contributed by atoms with Crippen molar-refractivity contribution in [3.63, 3.8) is 0 Å². The number of nitrogens with one attached hydrogen (secondary N) is 1. The van der Waals surface area contributed by atoms with Crippen molar-refractivity contribution in [2.75, 3.05) is 59.0 Å². The highest BCUT2D eigenvalue weighted by molar-refractivity contribution is 5.76. The van der Waals surface area contributed by atoms with Gasteiger partial charge in [-0.3, -0.25) is 4.79 Å². The average molecular weight is 269 g/mol. The summed E-state index contributed by atoms with van der Waals surface area (Å²) in [6.45, 7) is 8.46. The van der Waals surface area contributed by atoms with E-state index in [2.05, 4.69) is 10.2 Å². The van der Waals surface area contributed by atoms with Crippen molar-refractivity contribution in [1.82, 2.24) is 15.1 Å². The van der Waals surface area contributed by atoms with E-state index in [0.717, 1.165) is 26.2 Å². The average Bonchev–Trinajstić information content (AvgIpc) is 2.96. The SMILES string of the molecule is O=C(CCNCCCN1CCCC1)N1CCOCC1. The van der Waals surface area contributed by atoms with E-state index >= 15 is 0 Å². The molecule has 0 aromatic carbocycles. The third-order valence-corrected chi connectivity index (χ3v) is 3.91. The van der Waals surface area contributed by atoms with Crippen molar-refractivity contribution in [1.29, 1.82) is 0 Å². The van der Waals surface area contributed by atoms with Crippen LogP contribution in [0.3, 0.4) is 0 Å². The summed E-state index contributed by atoms with van der Waals surface area (Å²) >= 11 is 0. The molecular formula is C14H27N3O2. The lowest BCUT2D eigenvalue weighted by Crippen LogP contribution is -2.41. The zero-order valence-corrected chi connectivity index (χ0v) is 11.9. The molecule has 2 heterocycles. The van der Waals surface area contributed by atoms with Gasteiger partial charge in [0.25, 0.3) is 0 Å². The first-order valence-corrected chi connectivity index (χ1v) is 7.65. The smallest absolute Gasteiger partial charge is 0.224 e. The first kappa shape index (κ1) is 14.8. The Kier molecular flexibility index (Phi) is 6.61. The van der Waals surface area contributed by atoms with Crippen molar-refractivity contribution >= 4 is 5.91 Å². The molecule has 19 heavy (non-hydrogen) atoms. The molecule has 2 aliphatic heterocycles. The van der Waals surface area contributed by atoms with Crippen LogP contribution in [0.5, 0.6) is 0 Å². The van der Waals surface area contributed by atoms with E-state index in [1.165, 1.54) is 38.9 Å². The molecule has 2 rings (SSSR count). The van der Waals surface area contributed by atoms with Crippen LogP contribution in [-0.4, -0.2) is 74.7 Å². The number of hydrogen-bond acceptors (Lipinski definition) is 4. The second-order valence-electron chi connectivity index (χ2n) is 5.40. The van der Waals surface area contributed by atoms with Crippen LogP contribution in [0.15, 0.2) is 0 Å². The van der Waals surface area contributed by atoms with Gasteiger partial charge in [0, 0.05) is 26.1 Å². The molecule has 2 saturated heterocycles. The Morgan fingerprint density at radius 3 is 2.53 bits per heavy atom. The Morgan fingerprint density at radius 1 is 1.05 bits per heavy atom.